The monoisotopic (exact) mass is 534 g/mol. The van der Waals surface area contributed by atoms with Crippen molar-refractivity contribution in [3.05, 3.63) is 70.3 Å². The highest BCUT2D eigenvalue weighted by Crippen LogP contribution is 2.32. The number of hydrogen-bond acceptors (Lipinski definition) is 5. The van der Waals surface area contributed by atoms with E-state index in [0.717, 1.165) is 30.4 Å². The number of aryl methyl sites for hydroxylation is 1. The Hall–Kier alpha value is -3.72. The molecule has 39 heavy (non-hydrogen) atoms. The summed E-state index contributed by atoms with van der Waals surface area (Å²) in [6, 6.07) is 11.1. The number of likely N-dealkylation sites (N-methyl/N-ethyl adjacent to an activating group) is 1. The van der Waals surface area contributed by atoms with Gasteiger partial charge in [-0.2, -0.15) is 0 Å². The Labute approximate surface area is 229 Å². The van der Waals surface area contributed by atoms with Gasteiger partial charge in [-0.25, -0.2) is 4.79 Å². The quantitative estimate of drug-likeness (QED) is 0.432. The van der Waals surface area contributed by atoms with Crippen molar-refractivity contribution in [3.8, 4) is 0 Å². The topological polar surface area (TPSA) is 128 Å². The predicted molar refractivity (Wildman–Crippen MR) is 147 cm³/mol. The Morgan fingerprint density at radius 2 is 1.79 bits per heavy atom. The van der Waals surface area contributed by atoms with Crippen LogP contribution in [0.5, 0.6) is 0 Å². The Morgan fingerprint density at radius 3 is 2.49 bits per heavy atom. The van der Waals surface area contributed by atoms with Crippen LogP contribution in [0.15, 0.2) is 42.5 Å². The highest BCUT2D eigenvalue weighted by Gasteiger charge is 2.42. The summed E-state index contributed by atoms with van der Waals surface area (Å²) in [5.41, 5.74) is 3.33. The van der Waals surface area contributed by atoms with Crippen molar-refractivity contribution in [2.75, 3.05) is 13.6 Å². The van der Waals surface area contributed by atoms with Gasteiger partial charge in [0.25, 0.3) is 0 Å². The molecule has 3 atom stereocenters. The number of rotatable bonds is 7. The molecule has 3 unspecified atom stereocenters. The minimum absolute atomic E-state index is 0.0513. The van der Waals surface area contributed by atoms with Crippen LogP contribution < -0.4 is 16.0 Å². The normalized spacial score (nSPS) is 19.3. The molecule has 0 saturated heterocycles. The van der Waals surface area contributed by atoms with Crippen molar-refractivity contribution in [2.24, 2.45) is 5.41 Å². The molecule has 9 heteroatoms. The fourth-order valence-electron chi connectivity index (χ4n) is 5.54. The summed E-state index contributed by atoms with van der Waals surface area (Å²) < 4.78 is 0. The third-order valence-electron chi connectivity index (χ3n) is 7.61. The minimum Gasteiger partial charge on any atom is -0.478 e. The third-order valence-corrected chi connectivity index (χ3v) is 7.61. The number of carbonyl (C=O) groups is 4. The zero-order valence-electron chi connectivity index (χ0n) is 23.0. The molecule has 208 valence electrons. The average molecular weight is 535 g/mol. The van der Waals surface area contributed by atoms with E-state index in [0.29, 0.717) is 5.56 Å². The van der Waals surface area contributed by atoms with E-state index >= 15 is 0 Å². The lowest BCUT2D eigenvalue weighted by Gasteiger charge is -2.41. The van der Waals surface area contributed by atoms with Gasteiger partial charge in [-0.05, 0) is 66.1 Å². The summed E-state index contributed by atoms with van der Waals surface area (Å²) in [6.45, 7) is 5.72. The Kier molecular flexibility index (Phi) is 8.39. The maximum absolute atomic E-state index is 14.1. The minimum atomic E-state index is -1.06. The maximum Gasteiger partial charge on any atom is 0.335 e. The first kappa shape index (κ1) is 28.3. The zero-order valence-corrected chi connectivity index (χ0v) is 23.0. The highest BCUT2D eigenvalue weighted by atomic mass is 16.4. The van der Waals surface area contributed by atoms with Crippen molar-refractivity contribution in [1.29, 1.82) is 0 Å². The number of nitrogens with zero attached hydrogens (tertiary/aromatic N) is 1. The standard InChI is InChI=1S/C30H38N4O5/c1-30(2,3)26(33-25(35)16-31-4)28(37)34-17-21-14-20(29(38)39)13-12-19(21)15-24(34)27(36)32-23-11-7-9-18-8-5-6-10-22(18)23/h5-6,8,10,12-14,23-24,26,31H,7,9,11,15-17H2,1-4H3,(H,32,36)(H,33,35)(H,38,39). The third kappa shape index (κ3) is 6.30. The Bertz CT molecular complexity index is 1270. The molecule has 0 aromatic heterocycles. The van der Waals surface area contributed by atoms with Gasteiger partial charge < -0.3 is 26.0 Å². The van der Waals surface area contributed by atoms with Gasteiger partial charge in [0.15, 0.2) is 0 Å². The number of aromatic carboxylic acids is 1. The first-order chi connectivity index (χ1) is 18.5. The zero-order chi connectivity index (χ0) is 28.3. The van der Waals surface area contributed by atoms with E-state index in [1.807, 2.05) is 39.0 Å². The number of carbonyl (C=O) groups excluding carboxylic acids is 3. The second-order valence-electron chi connectivity index (χ2n) is 11.5. The number of amides is 3. The van der Waals surface area contributed by atoms with Crippen molar-refractivity contribution >= 4 is 23.7 Å². The molecule has 3 amide bonds. The lowest BCUT2D eigenvalue weighted by molar-refractivity contribution is -0.147. The number of nitrogens with one attached hydrogen (secondary N) is 3. The molecular formula is C30H38N4O5. The first-order valence-electron chi connectivity index (χ1n) is 13.5. The first-order valence-corrected chi connectivity index (χ1v) is 13.5. The van der Waals surface area contributed by atoms with Crippen molar-refractivity contribution in [3.63, 3.8) is 0 Å². The van der Waals surface area contributed by atoms with E-state index in [-0.39, 0.29) is 48.8 Å². The maximum atomic E-state index is 14.1. The molecule has 0 bridgehead atoms. The molecule has 2 aliphatic rings. The molecule has 4 rings (SSSR count). The van der Waals surface area contributed by atoms with E-state index in [1.54, 1.807) is 19.2 Å². The van der Waals surface area contributed by atoms with Crippen LogP contribution in [0.4, 0.5) is 0 Å². The summed E-state index contributed by atoms with van der Waals surface area (Å²) in [4.78, 5) is 53.6. The van der Waals surface area contributed by atoms with Gasteiger partial charge in [0.1, 0.15) is 12.1 Å². The molecule has 0 saturated carbocycles. The molecule has 1 aliphatic carbocycles. The van der Waals surface area contributed by atoms with Gasteiger partial charge in [-0.15, -0.1) is 0 Å². The van der Waals surface area contributed by atoms with E-state index in [1.165, 1.54) is 16.5 Å². The van der Waals surface area contributed by atoms with Crippen LogP contribution in [-0.2, 0) is 33.8 Å². The largest absolute Gasteiger partial charge is 0.478 e. The van der Waals surface area contributed by atoms with Crippen molar-refractivity contribution in [1.82, 2.24) is 20.9 Å². The van der Waals surface area contributed by atoms with Gasteiger partial charge in [-0.3, -0.25) is 14.4 Å². The van der Waals surface area contributed by atoms with Gasteiger partial charge >= 0.3 is 5.97 Å². The fraction of sp³-hybridized carbons (Fsp3) is 0.467. The highest BCUT2D eigenvalue weighted by molar-refractivity contribution is 5.94. The summed E-state index contributed by atoms with van der Waals surface area (Å²) in [7, 11) is 1.65. The number of carboxylic acids is 1. The summed E-state index contributed by atoms with van der Waals surface area (Å²) >= 11 is 0. The SMILES string of the molecule is CNCC(=O)NC(C(=O)N1Cc2cc(C(=O)O)ccc2CC1C(=O)NC1CCCc2ccccc21)C(C)(C)C. The van der Waals surface area contributed by atoms with Gasteiger partial charge in [0.05, 0.1) is 18.2 Å². The number of benzene rings is 2. The molecule has 2 aromatic carbocycles. The number of fused-ring (bicyclic) bond motifs is 2. The molecule has 0 spiro atoms. The molecule has 0 fully saturated rings. The van der Waals surface area contributed by atoms with Crippen LogP contribution in [0.2, 0.25) is 0 Å². The van der Waals surface area contributed by atoms with Crippen LogP contribution in [0.3, 0.4) is 0 Å². The second-order valence-corrected chi connectivity index (χ2v) is 11.5. The summed E-state index contributed by atoms with van der Waals surface area (Å²) in [5.74, 6) is -2.01. The van der Waals surface area contributed by atoms with E-state index in [9.17, 15) is 24.3 Å². The van der Waals surface area contributed by atoms with Crippen LogP contribution in [-0.4, -0.2) is 59.4 Å². The molecule has 0 radical (unpaired) electrons. The Balaban J connectivity index is 1.68. The van der Waals surface area contributed by atoms with Crippen LogP contribution in [0.25, 0.3) is 0 Å². The predicted octanol–water partition coefficient (Wildman–Crippen LogP) is 2.58. The molecule has 4 N–H and O–H groups in total. The Morgan fingerprint density at radius 1 is 1.05 bits per heavy atom. The number of hydrogen-bond donors (Lipinski definition) is 4. The summed E-state index contributed by atoms with van der Waals surface area (Å²) in [6.07, 6.45) is 2.99. The smallest absolute Gasteiger partial charge is 0.335 e. The van der Waals surface area contributed by atoms with Crippen LogP contribution in [0, 0.1) is 5.41 Å². The van der Waals surface area contributed by atoms with E-state index in [2.05, 4.69) is 22.0 Å². The fourth-order valence-corrected chi connectivity index (χ4v) is 5.54. The van der Waals surface area contributed by atoms with Gasteiger partial charge in [0.2, 0.25) is 17.7 Å². The average Bonchev–Trinajstić information content (AvgIpc) is 2.90. The van der Waals surface area contributed by atoms with Crippen LogP contribution in [0.1, 0.15) is 72.3 Å². The second kappa shape index (κ2) is 11.6. The number of carboxylic acid groups (broad SMARTS) is 1. The van der Waals surface area contributed by atoms with Crippen molar-refractivity contribution < 1.29 is 24.3 Å². The molecule has 1 aliphatic heterocycles. The lowest BCUT2D eigenvalue weighted by atomic mass is 9.83. The van der Waals surface area contributed by atoms with Gasteiger partial charge in [0, 0.05) is 13.0 Å². The molecule has 2 aromatic rings. The molecule has 1 heterocycles. The molecule has 9 nitrogen and oxygen atoms in total. The van der Waals surface area contributed by atoms with Gasteiger partial charge in [-0.1, -0.05) is 51.1 Å². The van der Waals surface area contributed by atoms with E-state index < -0.39 is 23.5 Å². The van der Waals surface area contributed by atoms with E-state index in [4.69, 9.17) is 0 Å². The summed E-state index contributed by atoms with van der Waals surface area (Å²) in [5, 5.41) is 18.4. The lowest BCUT2D eigenvalue weighted by Crippen LogP contribution is -2.61. The van der Waals surface area contributed by atoms with Crippen LogP contribution >= 0.6 is 0 Å². The molecular weight excluding hydrogens is 496 g/mol. The van der Waals surface area contributed by atoms with Crippen molar-refractivity contribution in [2.45, 2.75) is 71.1 Å².